The van der Waals surface area contributed by atoms with Gasteiger partial charge in [0, 0.05) is 5.41 Å². The molecule has 0 aromatic heterocycles. The number of hydrogen-bond donors (Lipinski definition) is 0. The molecule has 156 valence electrons. The predicted molar refractivity (Wildman–Crippen MR) is 137 cm³/mol. The van der Waals surface area contributed by atoms with Gasteiger partial charge in [0.1, 0.15) is 0 Å². The highest BCUT2D eigenvalue weighted by Gasteiger charge is 2.47. The third-order valence-corrected chi connectivity index (χ3v) is 7.68. The number of benzene rings is 5. The highest BCUT2D eigenvalue weighted by atomic mass is 14.5. The Morgan fingerprint density at radius 2 is 0.818 bits per heavy atom. The summed E-state index contributed by atoms with van der Waals surface area (Å²) in [7, 11) is 0. The second-order valence-electron chi connectivity index (χ2n) is 9.46. The Labute approximate surface area is 195 Å². The molecule has 0 nitrogen and oxygen atoms in total. The summed E-state index contributed by atoms with van der Waals surface area (Å²) < 4.78 is 0. The van der Waals surface area contributed by atoms with Gasteiger partial charge >= 0.3 is 0 Å². The summed E-state index contributed by atoms with van der Waals surface area (Å²) in [5, 5.41) is 0. The second-order valence-corrected chi connectivity index (χ2v) is 9.46. The van der Waals surface area contributed by atoms with Gasteiger partial charge in [0.05, 0.1) is 0 Å². The molecule has 0 amide bonds. The second kappa shape index (κ2) is 7.05. The maximum absolute atomic E-state index is 2.47. The lowest BCUT2D eigenvalue weighted by molar-refractivity contribution is 0.564. The summed E-state index contributed by atoms with van der Waals surface area (Å²) in [6.45, 7) is 0. The largest absolute Gasteiger partial charge is 0.0622 e. The number of hydrogen-bond acceptors (Lipinski definition) is 0. The van der Waals surface area contributed by atoms with E-state index < -0.39 is 0 Å². The lowest BCUT2D eigenvalue weighted by Gasteiger charge is -2.27. The van der Waals surface area contributed by atoms with Crippen LogP contribution in [-0.4, -0.2) is 0 Å². The van der Waals surface area contributed by atoms with Gasteiger partial charge in [-0.1, -0.05) is 109 Å². The summed E-state index contributed by atoms with van der Waals surface area (Å²) in [5.41, 5.74) is 13.9. The fourth-order valence-corrected chi connectivity index (χ4v) is 6.11. The van der Waals surface area contributed by atoms with Gasteiger partial charge in [-0.05, 0) is 80.6 Å². The molecule has 0 saturated heterocycles. The minimum absolute atomic E-state index is 0.00390. The zero-order valence-corrected chi connectivity index (χ0v) is 18.5. The van der Waals surface area contributed by atoms with Gasteiger partial charge in [0.25, 0.3) is 0 Å². The molecule has 0 bridgehead atoms. The van der Waals surface area contributed by atoms with E-state index in [-0.39, 0.29) is 5.41 Å². The van der Waals surface area contributed by atoms with Crippen molar-refractivity contribution < 1.29 is 0 Å². The SMILES string of the molecule is c1ccc(-c2ccc3c(c2)C2(Cc4ccccc4C2)c2cc(-c4ccccc4)ccc2-3)cc1. The molecule has 0 saturated carbocycles. The van der Waals surface area contributed by atoms with E-state index in [2.05, 4.69) is 121 Å². The minimum Gasteiger partial charge on any atom is -0.0622 e. The highest BCUT2D eigenvalue weighted by molar-refractivity contribution is 5.87. The molecule has 0 heterocycles. The van der Waals surface area contributed by atoms with E-state index >= 15 is 0 Å². The first-order valence-corrected chi connectivity index (χ1v) is 11.8. The van der Waals surface area contributed by atoms with Crippen LogP contribution in [0.4, 0.5) is 0 Å². The molecule has 0 aliphatic heterocycles. The summed E-state index contributed by atoms with van der Waals surface area (Å²) in [6.07, 6.45) is 2.14. The number of rotatable bonds is 2. The lowest BCUT2D eigenvalue weighted by atomic mass is 9.74. The molecule has 0 radical (unpaired) electrons. The molecular weight excluding hydrogens is 396 g/mol. The molecule has 0 heteroatoms. The summed E-state index contributed by atoms with van der Waals surface area (Å²) in [6, 6.07) is 44.8. The van der Waals surface area contributed by atoms with Crippen LogP contribution in [0.3, 0.4) is 0 Å². The standard InChI is InChI=1S/C33H24/c1-3-9-23(10-4-1)25-15-17-29-30-18-16-26(24-11-5-2-6-12-24)20-32(30)33(31(29)19-25)21-27-13-7-8-14-28(27)22-33/h1-20H,21-22H2. The van der Waals surface area contributed by atoms with Crippen molar-refractivity contribution in [3.63, 3.8) is 0 Å². The fraction of sp³-hybridized carbons (Fsp3) is 0.0909. The third-order valence-electron chi connectivity index (χ3n) is 7.68. The summed E-state index contributed by atoms with van der Waals surface area (Å²) in [5.74, 6) is 0. The van der Waals surface area contributed by atoms with E-state index in [1.807, 2.05) is 0 Å². The predicted octanol–water partition coefficient (Wildman–Crippen LogP) is 8.09. The molecule has 7 rings (SSSR count). The van der Waals surface area contributed by atoms with Crippen molar-refractivity contribution in [1.82, 2.24) is 0 Å². The van der Waals surface area contributed by atoms with Gasteiger partial charge in [-0.2, -0.15) is 0 Å². The Bertz CT molecular complexity index is 1380. The topological polar surface area (TPSA) is 0 Å². The Balaban J connectivity index is 1.46. The van der Waals surface area contributed by atoms with E-state index in [0.717, 1.165) is 12.8 Å². The Hall–Kier alpha value is -3.90. The fourth-order valence-electron chi connectivity index (χ4n) is 6.11. The van der Waals surface area contributed by atoms with Crippen molar-refractivity contribution in [3.8, 4) is 33.4 Å². The first-order chi connectivity index (χ1) is 16.3. The van der Waals surface area contributed by atoms with Gasteiger partial charge < -0.3 is 0 Å². The van der Waals surface area contributed by atoms with Gasteiger partial charge in [-0.15, -0.1) is 0 Å². The molecule has 0 unspecified atom stereocenters. The average molecular weight is 421 g/mol. The molecule has 33 heavy (non-hydrogen) atoms. The third kappa shape index (κ3) is 2.77. The van der Waals surface area contributed by atoms with Crippen molar-refractivity contribution in [1.29, 1.82) is 0 Å². The quantitative estimate of drug-likeness (QED) is 0.271. The van der Waals surface area contributed by atoms with Crippen molar-refractivity contribution in [2.45, 2.75) is 18.3 Å². The first kappa shape index (κ1) is 18.7. The molecule has 2 aliphatic rings. The molecular formula is C33H24. The van der Waals surface area contributed by atoms with Crippen molar-refractivity contribution in [2.24, 2.45) is 0 Å². The van der Waals surface area contributed by atoms with Gasteiger partial charge in [0.2, 0.25) is 0 Å². The summed E-state index contributed by atoms with van der Waals surface area (Å²) in [4.78, 5) is 0. The maximum atomic E-state index is 2.47. The van der Waals surface area contributed by atoms with Crippen LogP contribution in [0.15, 0.2) is 121 Å². The van der Waals surface area contributed by atoms with Crippen LogP contribution in [-0.2, 0) is 18.3 Å². The molecule has 5 aromatic carbocycles. The lowest BCUT2D eigenvalue weighted by Crippen LogP contribution is -2.25. The van der Waals surface area contributed by atoms with E-state index in [1.54, 1.807) is 0 Å². The van der Waals surface area contributed by atoms with Crippen molar-refractivity contribution in [2.75, 3.05) is 0 Å². The van der Waals surface area contributed by atoms with Gasteiger partial charge in [-0.25, -0.2) is 0 Å². The van der Waals surface area contributed by atoms with Crippen LogP contribution < -0.4 is 0 Å². The smallest absolute Gasteiger partial charge is 0.0296 e. The van der Waals surface area contributed by atoms with Crippen molar-refractivity contribution >= 4 is 0 Å². The van der Waals surface area contributed by atoms with Crippen LogP contribution in [0.25, 0.3) is 33.4 Å². The molecule has 1 spiro atoms. The van der Waals surface area contributed by atoms with E-state index in [4.69, 9.17) is 0 Å². The van der Waals surface area contributed by atoms with Gasteiger partial charge in [-0.3, -0.25) is 0 Å². The van der Waals surface area contributed by atoms with Crippen LogP contribution in [0, 0.1) is 0 Å². The molecule has 0 N–H and O–H groups in total. The van der Waals surface area contributed by atoms with Crippen molar-refractivity contribution in [3.05, 3.63) is 144 Å². The van der Waals surface area contributed by atoms with Crippen LogP contribution in [0.1, 0.15) is 22.3 Å². The van der Waals surface area contributed by atoms with E-state index in [1.165, 1.54) is 55.6 Å². The van der Waals surface area contributed by atoms with Crippen LogP contribution >= 0.6 is 0 Å². The molecule has 0 atom stereocenters. The van der Waals surface area contributed by atoms with E-state index in [9.17, 15) is 0 Å². The molecule has 2 aliphatic carbocycles. The summed E-state index contributed by atoms with van der Waals surface area (Å²) >= 11 is 0. The highest BCUT2D eigenvalue weighted by Crippen LogP contribution is 2.56. The Kier molecular flexibility index (Phi) is 3.98. The Morgan fingerprint density at radius 1 is 0.394 bits per heavy atom. The zero-order valence-electron chi connectivity index (χ0n) is 18.5. The first-order valence-electron chi connectivity index (χ1n) is 11.8. The van der Waals surface area contributed by atoms with Crippen LogP contribution in [0.5, 0.6) is 0 Å². The normalized spacial score (nSPS) is 14.7. The molecule has 5 aromatic rings. The number of fused-ring (bicyclic) bond motifs is 6. The average Bonchev–Trinajstić information content (AvgIpc) is 3.41. The zero-order chi connectivity index (χ0) is 21.8. The monoisotopic (exact) mass is 420 g/mol. The maximum Gasteiger partial charge on any atom is 0.0296 e. The Morgan fingerprint density at radius 3 is 1.27 bits per heavy atom. The van der Waals surface area contributed by atoms with Gasteiger partial charge in [0.15, 0.2) is 0 Å². The van der Waals surface area contributed by atoms with E-state index in [0.29, 0.717) is 0 Å². The molecule has 0 fully saturated rings. The van der Waals surface area contributed by atoms with Crippen LogP contribution in [0.2, 0.25) is 0 Å². The minimum atomic E-state index is 0.00390.